The number of carbonyl (C=O) groups excluding carboxylic acids is 1. The van der Waals surface area contributed by atoms with E-state index in [1.54, 1.807) is 44.9 Å². The van der Waals surface area contributed by atoms with Crippen molar-refractivity contribution in [3.8, 4) is 5.88 Å². The van der Waals surface area contributed by atoms with Gasteiger partial charge in [0, 0.05) is 25.9 Å². The maximum Gasteiger partial charge on any atom is 0.255 e. The summed E-state index contributed by atoms with van der Waals surface area (Å²) in [7, 11) is 3.35. The van der Waals surface area contributed by atoms with Gasteiger partial charge in [-0.05, 0) is 18.9 Å². The summed E-state index contributed by atoms with van der Waals surface area (Å²) >= 11 is 0. The molecule has 1 aliphatic rings. The third kappa shape index (κ3) is 3.08. The summed E-state index contributed by atoms with van der Waals surface area (Å²) in [5.41, 5.74) is 1.36. The highest BCUT2D eigenvalue weighted by Gasteiger charge is 2.32. The standard InChI is InChI=1S/C16H19N5O2/c1-17-14-10-18-9-12(20-14)13-4-3-7-21(13)16(22)11-5-6-15(23-2)19-8-11/h5-6,8-10,13H,3-4,7H2,1-2H3,(H,17,20)/t13-/m1/s1. The number of ether oxygens (including phenoxy) is 1. The van der Waals surface area contributed by atoms with Crippen molar-refractivity contribution in [1.29, 1.82) is 0 Å². The van der Waals surface area contributed by atoms with Gasteiger partial charge in [0.25, 0.3) is 5.91 Å². The van der Waals surface area contributed by atoms with Crippen molar-refractivity contribution >= 4 is 11.7 Å². The Balaban J connectivity index is 1.83. The molecule has 1 N–H and O–H groups in total. The Kier molecular flexibility index (Phi) is 4.36. The third-order valence-corrected chi connectivity index (χ3v) is 3.96. The van der Waals surface area contributed by atoms with Crippen LogP contribution in [0.1, 0.15) is 34.9 Å². The fraction of sp³-hybridized carbons (Fsp3) is 0.375. The number of nitrogens with one attached hydrogen (secondary N) is 1. The predicted molar refractivity (Wildman–Crippen MR) is 85.4 cm³/mol. The van der Waals surface area contributed by atoms with Crippen molar-refractivity contribution in [2.75, 3.05) is 26.0 Å². The molecule has 0 spiro atoms. The lowest BCUT2D eigenvalue weighted by atomic mass is 10.1. The van der Waals surface area contributed by atoms with Gasteiger partial charge in [-0.15, -0.1) is 0 Å². The summed E-state index contributed by atoms with van der Waals surface area (Å²) in [4.78, 5) is 27.4. The summed E-state index contributed by atoms with van der Waals surface area (Å²) in [5.74, 6) is 1.15. The summed E-state index contributed by atoms with van der Waals surface area (Å²) in [5, 5.41) is 2.98. The molecule has 0 aromatic carbocycles. The maximum absolute atomic E-state index is 12.8. The molecule has 120 valence electrons. The fourth-order valence-electron chi connectivity index (χ4n) is 2.77. The van der Waals surface area contributed by atoms with Gasteiger partial charge in [-0.1, -0.05) is 0 Å². The van der Waals surface area contributed by atoms with Crippen LogP contribution in [0.3, 0.4) is 0 Å². The molecule has 0 radical (unpaired) electrons. The molecule has 7 heteroatoms. The SMILES string of the molecule is CNc1cncc([C@H]2CCCN2C(=O)c2ccc(OC)nc2)n1. The first kappa shape index (κ1) is 15.2. The Bertz CT molecular complexity index is 689. The second kappa shape index (κ2) is 6.60. The van der Waals surface area contributed by atoms with E-state index in [1.165, 1.54) is 0 Å². The zero-order valence-electron chi connectivity index (χ0n) is 13.2. The smallest absolute Gasteiger partial charge is 0.255 e. The Labute approximate surface area is 134 Å². The monoisotopic (exact) mass is 313 g/mol. The van der Waals surface area contributed by atoms with Crippen LogP contribution in [-0.2, 0) is 0 Å². The molecular formula is C16H19N5O2. The molecule has 1 fully saturated rings. The summed E-state index contributed by atoms with van der Waals surface area (Å²) < 4.78 is 5.03. The van der Waals surface area contributed by atoms with E-state index < -0.39 is 0 Å². The molecule has 3 heterocycles. The second-order valence-electron chi connectivity index (χ2n) is 5.32. The first-order chi connectivity index (χ1) is 11.2. The van der Waals surface area contributed by atoms with Gasteiger partial charge >= 0.3 is 0 Å². The van der Waals surface area contributed by atoms with Crippen LogP contribution < -0.4 is 10.1 Å². The van der Waals surface area contributed by atoms with Gasteiger partial charge in [0.15, 0.2) is 0 Å². The van der Waals surface area contributed by atoms with Gasteiger partial charge in [-0.2, -0.15) is 0 Å². The molecule has 0 saturated carbocycles. The van der Waals surface area contributed by atoms with Crippen molar-refractivity contribution in [2.24, 2.45) is 0 Å². The van der Waals surface area contributed by atoms with Crippen molar-refractivity contribution in [3.63, 3.8) is 0 Å². The van der Waals surface area contributed by atoms with Crippen LogP contribution >= 0.6 is 0 Å². The van der Waals surface area contributed by atoms with Crippen molar-refractivity contribution in [1.82, 2.24) is 19.9 Å². The molecule has 3 rings (SSSR count). The van der Waals surface area contributed by atoms with Crippen molar-refractivity contribution in [3.05, 3.63) is 42.0 Å². The van der Waals surface area contributed by atoms with E-state index in [4.69, 9.17) is 4.74 Å². The van der Waals surface area contributed by atoms with E-state index in [2.05, 4.69) is 20.3 Å². The zero-order valence-corrected chi connectivity index (χ0v) is 13.2. The van der Waals surface area contributed by atoms with Crippen LogP contribution in [0.15, 0.2) is 30.7 Å². The van der Waals surface area contributed by atoms with Crippen LogP contribution in [0.4, 0.5) is 5.82 Å². The molecule has 7 nitrogen and oxygen atoms in total. The van der Waals surface area contributed by atoms with Crippen molar-refractivity contribution in [2.45, 2.75) is 18.9 Å². The summed E-state index contributed by atoms with van der Waals surface area (Å²) in [6, 6.07) is 3.38. The van der Waals surface area contributed by atoms with Gasteiger partial charge in [0.2, 0.25) is 5.88 Å². The highest BCUT2D eigenvalue weighted by Crippen LogP contribution is 2.32. The molecule has 0 bridgehead atoms. The number of hydrogen-bond donors (Lipinski definition) is 1. The second-order valence-corrected chi connectivity index (χ2v) is 5.32. The minimum absolute atomic E-state index is 0.0423. The third-order valence-electron chi connectivity index (χ3n) is 3.96. The van der Waals surface area contributed by atoms with E-state index in [0.717, 1.165) is 18.5 Å². The number of anilines is 1. The number of carbonyl (C=O) groups is 1. The normalized spacial score (nSPS) is 17.1. The van der Waals surface area contributed by atoms with Crippen LogP contribution in [-0.4, -0.2) is 46.5 Å². The molecule has 1 amide bonds. The van der Waals surface area contributed by atoms with E-state index >= 15 is 0 Å². The summed E-state index contributed by atoms with van der Waals surface area (Å²) in [6.07, 6.45) is 6.77. The first-order valence-corrected chi connectivity index (χ1v) is 7.53. The topological polar surface area (TPSA) is 80.2 Å². The van der Waals surface area contributed by atoms with Gasteiger partial charge in [0.05, 0.1) is 36.8 Å². The molecule has 1 aliphatic heterocycles. The summed E-state index contributed by atoms with van der Waals surface area (Å²) in [6.45, 7) is 0.709. The van der Waals surface area contributed by atoms with Crippen molar-refractivity contribution < 1.29 is 9.53 Å². The van der Waals surface area contributed by atoms with E-state index in [0.29, 0.717) is 23.8 Å². The number of aromatic nitrogens is 3. The number of methoxy groups -OCH3 is 1. The van der Waals surface area contributed by atoms with Crippen LogP contribution in [0.5, 0.6) is 5.88 Å². The Morgan fingerprint density at radius 1 is 1.35 bits per heavy atom. The number of pyridine rings is 1. The highest BCUT2D eigenvalue weighted by molar-refractivity contribution is 5.94. The number of amides is 1. The largest absolute Gasteiger partial charge is 0.481 e. The number of hydrogen-bond acceptors (Lipinski definition) is 6. The average Bonchev–Trinajstić information content (AvgIpc) is 3.11. The predicted octanol–water partition coefficient (Wildman–Crippen LogP) is 1.90. The lowest BCUT2D eigenvalue weighted by Gasteiger charge is -2.24. The van der Waals surface area contributed by atoms with Crippen LogP contribution in [0.2, 0.25) is 0 Å². The fourth-order valence-corrected chi connectivity index (χ4v) is 2.77. The first-order valence-electron chi connectivity index (χ1n) is 7.53. The number of nitrogens with zero attached hydrogens (tertiary/aromatic N) is 4. The van der Waals surface area contributed by atoms with E-state index in [-0.39, 0.29) is 11.9 Å². The van der Waals surface area contributed by atoms with E-state index in [9.17, 15) is 4.79 Å². The average molecular weight is 313 g/mol. The molecule has 1 atom stereocenters. The van der Waals surface area contributed by atoms with Gasteiger partial charge < -0.3 is 15.0 Å². The Morgan fingerprint density at radius 3 is 2.91 bits per heavy atom. The zero-order chi connectivity index (χ0) is 16.2. The molecule has 2 aromatic heterocycles. The van der Waals surface area contributed by atoms with Crippen LogP contribution in [0.25, 0.3) is 0 Å². The lowest BCUT2D eigenvalue weighted by molar-refractivity contribution is 0.0732. The molecular weight excluding hydrogens is 294 g/mol. The minimum atomic E-state index is -0.0506. The number of likely N-dealkylation sites (tertiary alicyclic amines) is 1. The van der Waals surface area contributed by atoms with E-state index in [1.807, 2.05) is 4.90 Å². The Morgan fingerprint density at radius 2 is 2.22 bits per heavy atom. The van der Waals surface area contributed by atoms with Gasteiger partial charge in [-0.3, -0.25) is 9.78 Å². The number of rotatable bonds is 4. The molecule has 0 unspecified atom stereocenters. The minimum Gasteiger partial charge on any atom is -0.481 e. The van der Waals surface area contributed by atoms with Crippen LogP contribution in [0, 0.1) is 0 Å². The molecule has 1 saturated heterocycles. The van der Waals surface area contributed by atoms with Gasteiger partial charge in [-0.25, -0.2) is 9.97 Å². The lowest BCUT2D eigenvalue weighted by Crippen LogP contribution is -2.31. The molecule has 23 heavy (non-hydrogen) atoms. The highest BCUT2D eigenvalue weighted by atomic mass is 16.5. The molecule has 2 aromatic rings. The maximum atomic E-state index is 12.8. The molecule has 0 aliphatic carbocycles. The van der Waals surface area contributed by atoms with Gasteiger partial charge in [0.1, 0.15) is 5.82 Å². The quantitative estimate of drug-likeness (QED) is 0.928. The Hall–Kier alpha value is -2.70.